The first-order valence-corrected chi connectivity index (χ1v) is 9.39. The second-order valence-electron chi connectivity index (χ2n) is 7.39. The van der Waals surface area contributed by atoms with E-state index in [1.165, 1.54) is 0 Å². The van der Waals surface area contributed by atoms with Gasteiger partial charge < -0.3 is 19.1 Å². The number of aryl methyl sites for hydroxylation is 1. The minimum Gasteiger partial charge on any atom is -0.360 e. The lowest BCUT2D eigenvalue weighted by atomic mass is 10.0. The van der Waals surface area contributed by atoms with E-state index in [1.54, 1.807) is 11.8 Å². The van der Waals surface area contributed by atoms with Crippen molar-refractivity contribution in [2.75, 3.05) is 19.7 Å². The summed E-state index contributed by atoms with van der Waals surface area (Å²) in [7, 11) is 0. The van der Waals surface area contributed by atoms with Gasteiger partial charge in [-0.05, 0) is 13.3 Å². The smallest absolute Gasteiger partial charge is 0.260 e. The highest BCUT2D eigenvalue weighted by atomic mass is 16.5. The summed E-state index contributed by atoms with van der Waals surface area (Å²) in [6.45, 7) is 3.65. The Kier molecular flexibility index (Phi) is 3.62. The van der Waals surface area contributed by atoms with Gasteiger partial charge in [-0.15, -0.1) is 0 Å². The third kappa shape index (κ3) is 2.27. The van der Waals surface area contributed by atoms with E-state index in [2.05, 4.69) is 5.16 Å². The van der Waals surface area contributed by atoms with Gasteiger partial charge in [0.25, 0.3) is 5.91 Å². The molecule has 7 heteroatoms. The molecule has 7 nitrogen and oxygen atoms in total. The average Bonchev–Trinajstić information content (AvgIpc) is 3.32. The zero-order valence-corrected chi connectivity index (χ0v) is 15.2. The van der Waals surface area contributed by atoms with Crippen LogP contribution in [-0.2, 0) is 9.53 Å². The van der Waals surface area contributed by atoms with Gasteiger partial charge in [0, 0.05) is 25.1 Å². The quantitative estimate of drug-likeness (QED) is 0.813. The van der Waals surface area contributed by atoms with E-state index < -0.39 is 5.72 Å². The number of amides is 2. The first-order chi connectivity index (χ1) is 13.1. The van der Waals surface area contributed by atoms with E-state index in [4.69, 9.17) is 9.26 Å². The fourth-order valence-corrected chi connectivity index (χ4v) is 4.75. The van der Waals surface area contributed by atoms with E-state index >= 15 is 0 Å². The van der Waals surface area contributed by atoms with Gasteiger partial charge in [0.2, 0.25) is 5.91 Å². The molecule has 2 aromatic rings. The lowest BCUT2D eigenvalue weighted by Gasteiger charge is -2.42. The molecule has 0 bridgehead atoms. The van der Waals surface area contributed by atoms with Crippen molar-refractivity contribution in [1.29, 1.82) is 0 Å². The fourth-order valence-electron chi connectivity index (χ4n) is 4.75. The molecule has 140 valence electrons. The van der Waals surface area contributed by atoms with Crippen LogP contribution in [0.3, 0.4) is 0 Å². The van der Waals surface area contributed by atoms with Gasteiger partial charge in [-0.3, -0.25) is 9.59 Å². The minimum absolute atomic E-state index is 0.0718. The number of ether oxygens (including phenoxy) is 1. The number of benzene rings is 1. The predicted molar refractivity (Wildman–Crippen MR) is 95.7 cm³/mol. The van der Waals surface area contributed by atoms with Crippen LogP contribution in [0.2, 0.25) is 0 Å². The SMILES string of the molecule is Cc1onc(-c2ccccc2)c1C(=O)N1CC[C@@]23OCCCN2C(=O)C[C@@H]13. The fraction of sp³-hybridized carbons (Fsp3) is 0.450. The Morgan fingerprint density at radius 2 is 2.07 bits per heavy atom. The normalized spacial score (nSPS) is 27.0. The number of rotatable bonds is 2. The van der Waals surface area contributed by atoms with Crippen molar-refractivity contribution in [3.63, 3.8) is 0 Å². The van der Waals surface area contributed by atoms with Crippen LogP contribution in [0.5, 0.6) is 0 Å². The molecule has 4 heterocycles. The lowest BCUT2D eigenvalue weighted by molar-refractivity contribution is -0.179. The summed E-state index contributed by atoms with van der Waals surface area (Å²) in [6, 6.07) is 9.29. The van der Waals surface area contributed by atoms with Gasteiger partial charge in [-0.25, -0.2) is 0 Å². The molecule has 5 rings (SSSR count). The molecule has 3 aliphatic heterocycles. The minimum atomic E-state index is -0.650. The van der Waals surface area contributed by atoms with Crippen molar-refractivity contribution in [3.05, 3.63) is 41.7 Å². The lowest BCUT2D eigenvalue weighted by Crippen LogP contribution is -2.56. The average molecular weight is 367 g/mol. The van der Waals surface area contributed by atoms with Crippen molar-refractivity contribution in [3.8, 4) is 11.3 Å². The number of aromatic nitrogens is 1. The second-order valence-corrected chi connectivity index (χ2v) is 7.39. The summed E-state index contributed by atoms with van der Waals surface area (Å²) in [4.78, 5) is 29.6. The maximum absolute atomic E-state index is 13.5. The first-order valence-electron chi connectivity index (χ1n) is 9.39. The van der Waals surface area contributed by atoms with Gasteiger partial charge in [0.05, 0.1) is 19.1 Å². The number of carbonyl (C=O) groups is 2. The molecular weight excluding hydrogens is 346 g/mol. The summed E-state index contributed by atoms with van der Waals surface area (Å²) in [5.74, 6) is 0.423. The molecule has 2 amide bonds. The molecule has 0 unspecified atom stereocenters. The monoisotopic (exact) mass is 367 g/mol. The van der Waals surface area contributed by atoms with E-state index in [-0.39, 0.29) is 17.9 Å². The number of hydrogen-bond donors (Lipinski definition) is 0. The topological polar surface area (TPSA) is 75.9 Å². The standard InChI is InChI=1S/C20H21N3O4/c1-13-17(18(21-27-13)14-6-3-2-4-7-14)19(25)22-10-8-20-15(22)12-16(24)23(20)9-5-11-26-20/h2-4,6-7,15H,5,8-12H2,1H3/t15-,20+/m1/s1. The Bertz CT molecular complexity index is 909. The maximum atomic E-state index is 13.5. The first kappa shape index (κ1) is 16.5. The van der Waals surface area contributed by atoms with Crippen LogP contribution in [-0.4, -0.2) is 58.2 Å². The van der Waals surface area contributed by atoms with Crippen LogP contribution in [0, 0.1) is 6.92 Å². The number of likely N-dealkylation sites (tertiary alicyclic amines) is 1. The molecule has 3 fully saturated rings. The summed E-state index contributed by atoms with van der Waals surface area (Å²) in [6.07, 6.45) is 1.81. The Morgan fingerprint density at radius 3 is 2.89 bits per heavy atom. The van der Waals surface area contributed by atoms with Gasteiger partial charge in [0.15, 0.2) is 5.72 Å². The number of nitrogens with zero attached hydrogens (tertiary/aromatic N) is 3. The molecule has 1 aromatic carbocycles. The van der Waals surface area contributed by atoms with Gasteiger partial charge in [-0.2, -0.15) is 0 Å². The van der Waals surface area contributed by atoms with Gasteiger partial charge in [0.1, 0.15) is 17.0 Å². The molecule has 2 atom stereocenters. The van der Waals surface area contributed by atoms with Gasteiger partial charge >= 0.3 is 0 Å². The van der Waals surface area contributed by atoms with E-state index in [0.29, 0.717) is 49.6 Å². The molecule has 0 N–H and O–H groups in total. The maximum Gasteiger partial charge on any atom is 0.260 e. The number of hydrogen-bond acceptors (Lipinski definition) is 5. The highest BCUT2D eigenvalue weighted by Gasteiger charge is 2.61. The van der Waals surface area contributed by atoms with Crippen LogP contribution < -0.4 is 0 Å². The van der Waals surface area contributed by atoms with E-state index in [9.17, 15) is 9.59 Å². The molecule has 27 heavy (non-hydrogen) atoms. The molecule has 3 saturated heterocycles. The molecule has 1 spiro atoms. The van der Waals surface area contributed by atoms with Gasteiger partial charge in [-0.1, -0.05) is 35.5 Å². The predicted octanol–water partition coefficient (Wildman–Crippen LogP) is 2.21. The third-order valence-electron chi connectivity index (χ3n) is 6.00. The summed E-state index contributed by atoms with van der Waals surface area (Å²) < 4.78 is 11.5. The summed E-state index contributed by atoms with van der Waals surface area (Å²) >= 11 is 0. The Morgan fingerprint density at radius 1 is 1.26 bits per heavy atom. The molecular formula is C20H21N3O4. The zero-order valence-electron chi connectivity index (χ0n) is 15.2. The third-order valence-corrected chi connectivity index (χ3v) is 6.00. The molecule has 0 aliphatic carbocycles. The second kappa shape index (κ2) is 5.92. The van der Waals surface area contributed by atoms with Crippen LogP contribution in [0.25, 0.3) is 11.3 Å². The largest absolute Gasteiger partial charge is 0.360 e. The molecule has 0 radical (unpaired) electrons. The summed E-state index contributed by atoms with van der Waals surface area (Å²) in [5, 5.41) is 4.13. The van der Waals surface area contributed by atoms with Crippen molar-refractivity contribution < 1.29 is 18.8 Å². The van der Waals surface area contributed by atoms with Crippen molar-refractivity contribution >= 4 is 11.8 Å². The Balaban J connectivity index is 1.52. The Labute approximate surface area is 156 Å². The van der Waals surface area contributed by atoms with E-state index in [0.717, 1.165) is 12.0 Å². The van der Waals surface area contributed by atoms with Crippen LogP contribution in [0.15, 0.2) is 34.9 Å². The van der Waals surface area contributed by atoms with Crippen molar-refractivity contribution in [2.45, 2.75) is 38.0 Å². The molecule has 0 saturated carbocycles. The van der Waals surface area contributed by atoms with Crippen LogP contribution >= 0.6 is 0 Å². The highest BCUT2D eigenvalue weighted by molar-refractivity contribution is 6.01. The van der Waals surface area contributed by atoms with Crippen molar-refractivity contribution in [2.24, 2.45) is 0 Å². The van der Waals surface area contributed by atoms with Crippen LogP contribution in [0.4, 0.5) is 0 Å². The summed E-state index contributed by atoms with van der Waals surface area (Å²) in [5.41, 5.74) is 1.21. The molecule has 3 aliphatic rings. The number of carbonyl (C=O) groups excluding carboxylic acids is 2. The molecule has 1 aromatic heterocycles. The Hall–Kier alpha value is -2.67. The van der Waals surface area contributed by atoms with Crippen molar-refractivity contribution in [1.82, 2.24) is 15.0 Å². The van der Waals surface area contributed by atoms with E-state index in [1.807, 2.05) is 35.2 Å². The highest BCUT2D eigenvalue weighted by Crippen LogP contribution is 2.45. The zero-order chi connectivity index (χ0) is 18.6. The van der Waals surface area contributed by atoms with Crippen LogP contribution in [0.1, 0.15) is 35.4 Å².